The maximum absolute atomic E-state index is 5.90. The third-order valence-electron chi connectivity index (χ3n) is 3.99. The summed E-state index contributed by atoms with van der Waals surface area (Å²) in [6.07, 6.45) is 3.97. The highest BCUT2D eigenvalue weighted by atomic mass is 16.5. The maximum Gasteiger partial charge on any atom is 0.122 e. The molecule has 1 saturated carbocycles. The first-order valence-electron chi connectivity index (χ1n) is 6.82. The van der Waals surface area contributed by atoms with E-state index >= 15 is 0 Å². The molecule has 92 valence electrons. The van der Waals surface area contributed by atoms with Gasteiger partial charge in [0.2, 0.25) is 0 Å². The Morgan fingerprint density at radius 3 is 2.88 bits per heavy atom. The Kier molecular flexibility index (Phi) is 3.06. The van der Waals surface area contributed by atoms with E-state index in [2.05, 4.69) is 36.5 Å². The van der Waals surface area contributed by atoms with Crippen LogP contribution in [0.3, 0.4) is 0 Å². The second kappa shape index (κ2) is 4.69. The molecular weight excluding hydrogens is 210 g/mol. The van der Waals surface area contributed by atoms with E-state index in [9.17, 15) is 0 Å². The van der Waals surface area contributed by atoms with E-state index in [0.29, 0.717) is 12.0 Å². The molecule has 1 aromatic carbocycles. The molecule has 0 bridgehead atoms. The summed E-state index contributed by atoms with van der Waals surface area (Å²) in [6.45, 7) is 4.15. The van der Waals surface area contributed by atoms with E-state index in [1.165, 1.54) is 24.8 Å². The van der Waals surface area contributed by atoms with Gasteiger partial charge in [0.05, 0.1) is 6.61 Å². The SMILES string of the molecule is CCNC(C1CC1)C1COc2ccccc2C1. The van der Waals surface area contributed by atoms with Crippen molar-refractivity contribution in [2.45, 2.75) is 32.2 Å². The van der Waals surface area contributed by atoms with Gasteiger partial charge in [0.15, 0.2) is 0 Å². The molecule has 2 unspecified atom stereocenters. The number of benzene rings is 1. The van der Waals surface area contributed by atoms with Crippen LogP contribution in [0.15, 0.2) is 24.3 Å². The highest BCUT2D eigenvalue weighted by Crippen LogP contribution is 2.39. The average Bonchev–Trinajstić information content (AvgIpc) is 3.20. The number of para-hydroxylation sites is 1. The summed E-state index contributed by atoms with van der Waals surface area (Å²) in [5, 5.41) is 3.67. The topological polar surface area (TPSA) is 21.3 Å². The summed E-state index contributed by atoms with van der Waals surface area (Å²) in [4.78, 5) is 0. The number of hydrogen-bond donors (Lipinski definition) is 1. The fourth-order valence-corrected chi connectivity index (χ4v) is 2.99. The Balaban J connectivity index is 1.73. The number of nitrogens with one attached hydrogen (secondary N) is 1. The Labute approximate surface area is 103 Å². The molecule has 1 aliphatic heterocycles. The normalized spacial score (nSPS) is 24.9. The molecule has 17 heavy (non-hydrogen) atoms. The van der Waals surface area contributed by atoms with Crippen LogP contribution in [-0.2, 0) is 6.42 Å². The van der Waals surface area contributed by atoms with Crippen LogP contribution in [-0.4, -0.2) is 19.2 Å². The molecule has 1 aromatic rings. The van der Waals surface area contributed by atoms with Crippen LogP contribution in [0.2, 0.25) is 0 Å². The highest BCUT2D eigenvalue weighted by molar-refractivity contribution is 5.35. The van der Waals surface area contributed by atoms with Crippen LogP contribution in [0.4, 0.5) is 0 Å². The Morgan fingerprint density at radius 2 is 2.12 bits per heavy atom. The minimum absolute atomic E-state index is 0.650. The molecule has 1 N–H and O–H groups in total. The first-order valence-corrected chi connectivity index (χ1v) is 6.82. The first-order chi connectivity index (χ1) is 8.38. The Morgan fingerprint density at radius 1 is 1.29 bits per heavy atom. The summed E-state index contributed by atoms with van der Waals surface area (Å²) in [7, 11) is 0. The molecule has 3 rings (SSSR count). The van der Waals surface area contributed by atoms with Crippen molar-refractivity contribution in [3.63, 3.8) is 0 Å². The second-order valence-corrected chi connectivity index (χ2v) is 5.30. The van der Waals surface area contributed by atoms with Crippen LogP contribution in [0, 0.1) is 11.8 Å². The summed E-state index contributed by atoms with van der Waals surface area (Å²) in [6, 6.07) is 9.13. The minimum Gasteiger partial charge on any atom is -0.493 e. The number of hydrogen-bond acceptors (Lipinski definition) is 2. The first kappa shape index (κ1) is 11.1. The van der Waals surface area contributed by atoms with Crippen LogP contribution in [0.25, 0.3) is 0 Å². The Bertz CT molecular complexity index is 386. The third-order valence-corrected chi connectivity index (χ3v) is 3.99. The summed E-state index contributed by atoms with van der Waals surface area (Å²) in [5.41, 5.74) is 1.38. The van der Waals surface area contributed by atoms with Gasteiger partial charge in [-0.15, -0.1) is 0 Å². The number of ether oxygens (including phenoxy) is 1. The molecule has 2 atom stereocenters. The van der Waals surface area contributed by atoms with Crippen molar-refractivity contribution < 1.29 is 4.74 Å². The van der Waals surface area contributed by atoms with E-state index < -0.39 is 0 Å². The van der Waals surface area contributed by atoms with Crippen LogP contribution < -0.4 is 10.1 Å². The molecular formula is C15H21NO. The molecule has 0 amide bonds. The van der Waals surface area contributed by atoms with E-state index in [-0.39, 0.29) is 0 Å². The van der Waals surface area contributed by atoms with Crippen molar-refractivity contribution in [2.75, 3.05) is 13.2 Å². The van der Waals surface area contributed by atoms with Crippen LogP contribution >= 0.6 is 0 Å². The van der Waals surface area contributed by atoms with Gasteiger partial charge in [0, 0.05) is 12.0 Å². The van der Waals surface area contributed by atoms with E-state index in [0.717, 1.165) is 24.8 Å². The Hall–Kier alpha value is -1.02. The van der Waals surface area contributed by atoms with Gasteiger partial charge < -0.3 is 10.1 Å². The van der Waals surface area contributed by atoms with Gasteiger partial charge in [-0.3, -0.25) is 0 Å². The van der Waals surface area contributed by atoms with Crippen LogP contribution in [0.5, 0.6) is 5.75 Å². The molecule has 1 heterocycles. The lowest BCUT2D eigenvalue weighted by Gasteiger charge is -2.32. The molecule has 1 fully saturated rings. The van der Waals surface area contributed by atoms with Crippen molar-refractivity contribution in [3.8, 4) is 5.75 Å². The zero-order chi connectivity index (χ0) is 11.7. The van der Waals surface area contributed by atoms with Crippen molar-refractivity contribution in [2.24, 2.45) is 11.8 Å². The molecule has 0 radical (unpaired) electrons. The lowest BCUT2D eigenvalue weighted by atomic mass is 9.88. The highest BCUT2D eigenvalue weighted by Gasteiger charge is 2.37. The third kappa shape index (κ3) is 2.32. The summed E-state index contributed by atoms with van der Waals surface area (Å²) >= 11 is 0. The predicted octanol–water partition coefficient (Wildman–Crippen LogP) is 2.63. The van der Waals surface area contributed by atoms with Gasteiger partial charge in [0.1, 0.15) is 5.75 Å². The lowest BCUT2D eigenvalue weighted by Crippen LogP contribution is -2.43. The predicted molar refractivity (Wildman–Crippen MR) is 69.3 cm³/mol. The fraction of sp³-hybridized carbons (Fsp3) is 0.600. The molecule has 0 saturated heterocycles. The smallest absolute Gasteiger partial charge is 0.122 e. The number of fused-ring (bicyclic) bond motifs is 1. The lowest BCUT2D eigenvalue weighted by molar-refractivity contribution is 0.175. The minimum atomic E-state index is 0.650. The second-order valence-electron chi connectivity index (χ2n) is 5.30. The zero-order valence-corrected chi connectivity index (χ0v) is 10.5. The molecule has 0 spiro atoms. The van der Waals surface area contributed by atoms with Crippen molar-refractivity contribution in [3.05, 3.63) is 29.8 Å². The monoisotopic (exact) mass is 231 g/mol. The van der Waals surface area contributed by atoms with E-state index in [1.807, 2.05) is 0 Å². The number of rotatable bonds is 4. The zero-order valence-electron chi connectivity index (χ0n) is 10.5. The molecule has 2 aliphatic rings. The van der Waals surface area contributed by atoms with Gasteiger partial charge >= 0.3 is 0 Å². The average molecular weight is 231 g/mol. The van der Waals surface area contributed by atoms with Gasteiger partial charge in [-0.1, -0.05) is 25.1 Å². The van der Waals surface area contributed by atoms with Crippen molar-refractivity contribution in [1.82, 2.24) is 5.32 Å². The van der Waals surface area contributed by atoms with Gasteiger partial charge in [0.25, 0.3) is 0 Å². The van der Waals surface area contributed by atoms with Gasteiger partial charge in [-0.25, -0.2) is 0 Å². The van der Waals surface area contributed by atoms with Crippen molar-refractivity contribution >= 4 is 0 Å². The summed E-state index contributed by atoms with van der Waals surface area (Å²) in [5.74, 6) is 2.64. The van der Waals surface area contributed by atoms with E-state index in [4.69, 9.17) is 4.74 Å². The molecule has 0 aromatic heterocycles. The molecule has 1 aliphatic carbocycles. The molecule has 2 nitrogen and oxygen atoms in total. The maximum atomic E-state index is 5.90. The quantitative estimate of drug-likeness (QED) is 0.860. The van der Waals surface area contributed by atoms with Gasteiger partial charge in [-0.05, 0) is 43.4 Å². The summed E-state index contributed by atoms with van der Waals surface area (Å²) < 4.78 is 5.90. The fourth-order valence-electron chi connectivity index (χ4n) is 2.99. The van der Waals surface area contributed by atoms with E-state index in [1.54, 1.807) is 0 Å². The molecule has 2 heteroatoms. The standard InChI is InChI=1S/C15H21NO/c1-2-16-15(11-7-8-11)13-9-12-5-3-4-6-14(12)17-10-13/h3-6,11,13,15-16H,2,7-10H2,1H3. The van der Waals surface area contributed by atoms with Crippen LogP contribution in [0.1, 0.15) is 25.3 Å². The van der Waals surface area contributed by atoms with Gasteiger partial charge in [-0.2, -0.15) is 0 Å². The van der Waals surface area contributed by atoms with Crippen molar-refractivity contribution in [1.29, 1.82) is 0 Å². The largest absolute Gasteiger partial charge is 0.493 e.